The van der Waals surface area contributed by atoms with E-state index in [1.165, 1.54) is 35.7 Å². The van der Waals surface area contributed by atoms with E-state index < -0.39 is 0 Å². The van der Waals surface area contributed by atoms with Gasteiger partial charge in [-0.3, -0.25) is 0 Å². The maximum absolute atomic E-state index is 12.3. The summed E-state index contributed by atoms with van der Waals surface area (Å²) < 4.78 is 2.16. The van der Waals surface area contributed by atoms with Crippen LogP contribution in [0.2, 0.25) is 0 Å². The van der Waals surface area contributed by atoms with Gasteiger partial charge in [-0.2, -0.15) is 0 Å². The van der Waals surface area contributed by atoms with Gasteiger partial charge in [0.15, 0.2) is 0 Å². The fourth-order valence-electron chi connectivity index (χ4n) is 4.20. The molecule has 1 aromatic heterocycles. The average molecular weight is 297 g/mol. The number of para-hydroxylation sites is 1. The molecule has 4 heteroatoms. The van der Waals surface area contributed by atoms with Crippen LogP contribution in [0.3, 0.4) is 0 Å². The second-order valence-corrected chi connectivity index (χ2v) is 6.75. The molecule has 2 aromatic rings. The van der Waals surface area contributed by atoms with Gasteiger partial charge in [0.2, 0.25) is 0 Å². The third kappa shape index (κ3) is 2.27. The molecule has 1 N–H and O–H groups in total. The highest BCUT2D eigenvalue weighted by atomic mass is 16.2. The van der Waals surface area contributed by atoms with Crippen molar-refractivity contribution in [3.8, 4) is 0 Å². The number of piperidine rings is 1. The summed E-state index contributed by atoms with van der Waals surface area (Å²) in [7, 11) is 2.07. The first-order chi connectivity index (χ1) is 10.7. The number of hydrogen-bond donors (Lipinski definition) is 1. The van der Waals surface area contributed by atoms with Crippen LogP contribution in [0.5, 0.6) is 0 Å². The fraction of sp³-hybridized carbons (Fsp3) is 0.500. The molecule has 2 amide bonds. The predicted molar refractivity (Wildman–Crippen MR) is 87.9 cm³/mol. The van der Waals surface area contributed by atoms with Crippen LogP contribution in [0.15, 0.2) is 30.5 Å². The van der Waals surface area contributed by atoms with Crippen LogP contribution in [0.1, 0.15) is 24.8 Å². The van der Waals surface area contributed by atoms with Crippen molar-refractivity contribution in [2.75, 3.05) is 13.1 Å². The summed E-state index contributed by atoms with van der Waals surface area (Å²) >= 11 is 0. The Balaban J connectivity index is 1.37. The van der Waals surface area contributed by atoms with Gasteiger partial charge in [0.25, 0.3) is 0 Å². The lowest BCUT2D eigenvalue weighted by Gasteiger charge is -2.27. The molecule has 116 valence electrons. The third-order valence-corrected chi connectivity index (χ3v) is 5.32. The Labute approximate surface area is 131 Å². The molecule has 2 unspecified atom stereocenters. The average Bonchev–Trinajstić information content (AvgIpc) is 3.23. The molecule has 2 fully saturated rings. The minimum Gasteiger partial charge on any atom is -0.350 e. The Morgan fingerprint density at radius 1 is 1.32 bits per heavy atom. The lowest BCUT2D eigenvalue weighted by molar-refractivity contribution is 0.181. The van der Waals surface area contributed by atoms with Crippen LogP contribution in [-0.4, -0.2) is 34.6 Å². The van der Waals surface area contributed by atoms with Crippen LogP contribution >= 0.6 is 0 Å². The molecule has 4 nitrogen and oxygen atoms in total. The number of fused-ring (bicyclic) bond motifs is 3. The SMILES string of the molecule is Cn1cc(CCNC(=O)N2CC3CCC2C3)c2ccccc21. The highest BCUT2D eigenvalue weighted by Crippen LogP contribution is 2.37. The number of carbonyl (C=O) groups excluding carboxylic acids is 1. The largest absolute Gasteiger partial charge is 0.350 e. The molecule has 1 aliphatic heterocycles. The fourth-order valence-corrected chi connectivity index (χ4v) is 4.20. The normalized spacial score (nSPS) is 23.4. The highest BCUT2D eigenvalue weighted by molar-refractivity contribution is 5.84. The standard InChI is InChI=1S/C18H23N3O/c1-20-12-14(16-4-2-3-5-17(16)20)8-9-19-18(22)21-11-13-6-7-15(21)10-13/h2-5,12-13,15H,6-11H2,1H3,(H,19,22). The van der Waals surface area contributed by atoms with Crippen LogP contribution < -0.4 is 5.32 Å². The van der Waals surface area contributed by atoms with Crippen LogP contribution in [0, 0.1) is 5.92 Å². The van der Waals surface area contributed by atoms with Gasteiger partial charge in [-0.15, -0.1) is 0 Å². The summed E-state index contributed by atoms with van der Waals surface area (Å²) in [5, 5.41) is 4.40. The number of aromatic nitrogens is 1. The minimum absolute atomic E-state index is 0.132. The molecule has 2 aliphatic rings. The van der Waals surface area contributed by atoms with Crippen LogP contribution in [0.4, 0.5) is 4.79 Å². The van der Waals surface area contributed by atoms with Crippen molar-refractivity contribution in [1.82, 2.24) is 14.8 Å². The van der Waals surface area contributed by atoms with Crippen molar-refractivity contribution in [1.29, 1.82) is 0 Å². The molecule has 1 aliphatic carbocycles. The highest BCUT2D eigenvalue weighted by Gasteiger charge is 2.40. The Bertz CT molecular complexity index is 705. The number of urea groups is 1. The molecule has 0 radical (unpaired) electrons. The van der Waals surface area contributed by atoms with Gasteiger partial charge in [-0.05, 0) is 43.2 Å². The summed E-state index contributed by atoms with van der Waals surface area (Å²) in [5.74, 6) is 0.758. The summed E-state index contributed by atoms with van der Waals surface area (Å²) in [6, 6.07) is 9.07. The number of likely N-dealkylation sites (tertiary alicyclic amines) is 1. The van der Waals surface area contributed by atoms with Gasteiger partial charge in [-0.25, -0.2) is 4.79 Å². The number of nitrogens with one attached hydrogen (secondary N) is 1. The van der Waals surface area contributed by atoms with Crippen LogP contribution in [-0.2, 0) is 13.5 Å². The second-order valence-electron chi connectivity index (χ2n) is 6.75. The third-order valence-electron chi connectivity index (χ3n) is 5.32. The van der Waals surface area contributed by atoms with E-state index in [1.807, 2.05) is 0 Å². The number of carbonyl (C=O) groups is 1. The van der Waals surface area contributed by atoms with Crippen molar-refractivity contribution in [3.05, 3.63) is 36.0 Å². The van der Waals surface area contributed by atoms with Crippen molar-refractivity contribution >= 4 is 16.9 Å². The molecular formula is C18H23N3O. The topological polar surface area (TPSA) is 37.3 Å². The number of nitrogens with zero attached hydrogens (tertiary/aromatic N) is 2. The predicted octanol–water partition coefficient (Wildman–Crippen LogP) is 2.91. The van der Waals surface area contributed by atoms with Crippen molar-refractivity contribution < 1.29 is 4.79 Å². The number of hydrogen-bond acceptors (Lipinski definition) is 1. The molecule has 1 saturated carbocycles. The molecule has 1 aromatic carbocycles. The summed E-state index contributed by atoms with van der Waals surface area (Å²) in [6.45, 7) is 1.67. The minimum atomic E-state index is 0.132. The summed E-state index contributed by atoms with van der Waals surface area (Å²) in [4.78, 5) is 14.4. The van der Waals surface area contributed by atoms with E-state index in [0.29, 0.717) is 12.6 Å². The number of amides is 2. The van der Waals surface area contributed by atoms with Crippen molar-refractivity contribution in [2.24, 2.45) is 13.0 Å². The van der Waals surface area contributed by atoms with Gasteiger partial charge < -0.3 is 14.8 Å². The van der Waals surface area contributed by atoms with Gasteiger partial charge in [0, 0.05) is 43.3 Å². The zero-order chi connectivity index (χ0) is 15.1. The van der Waals surface area contributed by atoms with Gasteiger partial charge in [0.1, 0.15) is 0 Å². The lowest BCUT2D eigenvalue weighted by Crippen LogP contribution is -2.44. The molecule has 4 rings (SSSR count). The van der Waals surface area contributed by atoms with Gasteiger partial charge in [0.05, 0.1) is 0 Å². The van der Waals surface area contributed by atoms with Gasteiger partial charge >= 0.3 is 6.03 Å². The summed E-state index contributed by atoms with van der Waals surface area (Å²) in [6.07, 6.45) is 6.78. The van der Waals surface area contributed by atoms with E-state index in [2.05, 4.69) is 52.3 Å². The van der Waals surface area contributed by atoms with E-state index in [-0.39, 0.29) is 6.03 Å². The Morgan fingerprint density at radius 2 is 2.18 bits per heavy atom. The first kappa shape index (κ1) is 13.7. The maximum Gasteiger partial charge on any atom is 0.317 e. The van der Waals surface area contributed by atoms with E-state index in [0.717, 1.165) is 18.9 Å². The van der Waals surface area contributed by atoms with E-state index >= 15 is 0 Å². The number of rotatable bonds is 3. The lowest BCUT2D eigenvalue weighted by atomic mass is 10.1. The first-order valence-electron chi connectivity index (χ1n) is 8.30. The van der Waals surface area contributed by atoms with E-state index in [4.69, 9.17) is 0 Å². The van der Waals surface area contributed by atoms with Gasteiger partial charge in [-0.1, -0.05) is 18.2 Å². The van der Waals surface area contributed by atoms with E-state index in [9.17, 15) is 4.79 Å². The molecule has 1 saturated heterocycles. The van der Waals surface area contributed by atoms with Crippen LogP contribution in [0.25, 0.3) is 10.9 Å². The van der Waals surface area contributed by atoms with Crippen molar-refractivity contribution in [3.63, 3.8) is 0 Å². The van der Waals surface area contributed by atoms with E-state index in [1.54, 1.807) is 0 Å². The Kier molecular flexibility index (Phi) is 3.32. The Morgan fingerprint density at radius 3 is 2.95 bits per heavy atom. The molecule has 2 atom stereocenters. The van der Waals surface area contributed by atoms with Crippen molar-refractivity contribution in [2.45, 2.75) is 31.7 Å². The quantitative estimate of drug-likeness (QED) is 0.929. The number of aryl methyl sites for hydroxylation is 1. The molecule has 0 spiro atoms. The summed E-state index contributed by atoms with van der Waals surface area (Å²) in [5.41, 5.74) is 2.56. The zero-order valence-corrected chi connectivity index (χ0v) is 13.1. The Hall–Kier alpha value is -1.97. The smallest absolute Gasteiger partial charge is 0.317 e. The molecular weight excluding hydrogens is 274 g/mol. The zero-order valence-electron chi connectivity index (χ0n) is 13.1. The molecule has 22 heavy (non-hydrogen) atoms. The maximum atomic E-state index is 12.3. The molecule has 2 bridgehead atoms. The number of benzene rings is 1. The second kappa shape index (κ2) is 5.34. The monoisotopic (exact) mass is 297 g/mol. The molecule has 2 heterocycles. The first-order valence-corrected chi connectivity index (χ1v) is 8.30.